The molecule has 1 saturated heterocycles. The van der Waals surface area contributed by atoms with Gasteiger partial charge in [0.05, 0.1) is 18.8 Å². The second-order valence-electron chi connectivity index (χ2n) is 7.42. The van der Waals surface area contributed by atoms with Crippen molar-refractivity contribution in [1.82, 2.24) is 0 Å². The number of aliphatic hydroxyl groups excluding tert-OH is 1. The fraction of sp³-hybridized carbons (Fsp3) is 0.500. The van der Waals surface area contributed by atoms with Crippen LogP contribution in [0, 0.1) is 0 Å². The van der Waals surface area contributed by atoms with Crippen molar-refractivity contribution in [1.29, 1.82) is 0 Å². The fourth-order valence-electron chi connectivity index (χ4n) is 4.89. The van der Waals surface area contributed by atoms with Crippen LogP contribution in [0.3, 0.4) is 0 Å². The Hall–Kier alpha value is -1.62. The van der Waals surface area contributed by atoms with E-state index in [1.54, 1.807) is 6.08 Å². The fourth-order valence-corrected chi connectivity index (χ4v) is 4.89. The Kier molecular flexibility index (Phi) is 3.03. The van der Waals surface area contributed by atoms with Crippen LogP contribution in [0.5, 0.6) is 0 Å². The molecule has 1 aromatic carbocycles. The molecule has 1 spiro atoms. The molecule has 0 amide bonds. The molecule has 5 rings (SSSR count). The Morgan fingerprint density at radius 2 is 1.75 bits per heavy atom. The number of benzene rings is 1. The lowest BCUT2D eigenvalue weighted by Gasteiger charge is -2.49. The number of hydrogen-bond acceptors (Lipinski definition) is 4. The van der Waals surface area contributed by atoms with E-state index in [2.05, 4.69) is 6.07 Å². The Labute approximate surface area is 140 Å². The zero-order chi connectivity index (χ0) is 16.4. The molecule has 0 aromatic heterocycles. The molecular weight excluding hydrogens is 304 g/mol. The normalized spacial score (nSPS) is 30.2. The highest BCUT2D eigenvalue weighted by Crippen LogP contribution is 2.47. The van der Waals surface area contributed by atoms with Gasteiger partial charge in [-0.1, -0.05) is 18.2 Å². The first-order valence-electron chi connectivity index (χ1n) is 8.88. The van der Waals surface area contributed by atoms with E-state index in [-0.39, 0.29) is 0 Å². The first-order chi connectivity index (χ1) is 11.6. The highest BCUT2D eigenvalue weighted by molar-refractivity contribution is 5.75. The molecular formula is C20H22O4. The Balaban J connectivity index is 1.65. The van der Waals surface area contributed by atoms with Crippen molar-refractivity contribution >= 4 is 17.4 Å². The summed E-state index contributed by atoms with van der Waals surface area (Å²) in [5.41, 5.74) is 2.65. The van der Waals surface area contributed by atoms with E-state index in [1.807, 2.05) is 12.1 Å². The van der Waals surface area contributed by atoms with Gasteiger partial charge >= 0.3 is 0 Å². The lowest BCUT2D eigenvalue weighted by molar-refractivity contribution is -0.291. The second kappa shape index (κ2) is 4.94. The molecule has 1 aromatic rings. The summed E-state index contributed by atoms with van der Waals surface area (Å²) in [6, 6.07) is 4.04. The van der Waals surface area contributed by atoms with Gasteiger partial charge in [-0.15, -0.1) is 0 Å². The molecule has 1 atom stereocenters. The third-order valence-electron chi connectivity index (χ3n) is 6.05. The average molecular weight is 326 g/mol. The molecule has 126 valence electrons. The second-order valence-corrected chi connectivity index (χ2v) is 7.42. The van der Waals surface area contributed by atoms with Crippen LogP contribution in [0.15, 0.2) is 18.2 Å². The first-order valence-corrected chi connectivity index (χ1v) is 8.88. The molecule has 0 radical (unpaired) electrons. The van der Waals surface area contributed by atoms with Crippen molar-refractivity contribution < 1.29 is 19.7 Å². The summed E-state index contributed by atoms with van der Waals surface area (Å²) in [5.74, 6) is -0.262. The van der Waals surface area contributed by atoms with Gasteiger partial charge in [-0.3, -0.25) is 0 Å². The molecule has 1 saturated carbocycles. The van der Waals surface area contributed by atoms with Crippen LogP contribution < -0.4 is 10.4 Å². The molecule has 1 aliphatic heterocycles. The summed E-state index contributed by atoms with van der Waals surface area (Å²) in [5, 5.41) is 23.4. The van der Waals surface area contributed by atoms with E-state index in [1.165, 1.54) is 5.56 Å². The zero-order valence-corrected chi connectivity index (χ0v) is 13.7. The molecule has 1 heterocycles. The zero-order valence-electron chi connectivity index (χ0n) is 13.7. The number of aliphatic hydroxyl groups is 2. The monoisotopic (exact) mass is 326 g/mol. The van der Waals surface area contributed by atoms with Gasteiger partial charge in [0.25, 0.3) is 0 Å². The topological polar surface area (TPSA) is 58.9 Å². The van der Waals surface area contributed by atoms with Gasteiger partial charge in [0.15, 0.2) is 5.79 Å². The molecule has 24 heavy (non-hydrogen) atoms. The summed E-state index contributed by atoms with van der Waals surface area (Å²) < 4.78 is 11.9. The molecule has 4 nitrogen and oxygen atoms in total. The van der Waals surface area contributed by atoms with E-state index in [0.29, 0.717) is 18.6 Å². The molecule has 4 heteroatoms. The van der Waals surface area contributed by atoms with Crippen LogP contribution in [0.2, 0.25) is 0 Å². The molecule has 3 aliphatic carbocycles. The lowest BCUT2D eigenvalue weighted by Crippen LogP contribution is -2.54. The predicted molar refractivity (Wildman–Crippen MR) is 90.5 cm³/mol. The van der Waals surface area contributed by atoms with Crippen molar-refractivity contribution in [3.8, 4) is 0 Å². The lowest BCUT2D eigenvalue weighted by atomic mass is 9.69. The van der Waals surface area contributed by atoms with Gasteiger partial charge in [-0.25, -0.2) is 0 Å². The summed E-state index contributed by atoms with van der Waals surface area (Å²) in [6.07, 6.45) is 8.30. The smallest absolute Gasteiger partial charge is 0.171 e. The van der Waals surface area contributed by atoms with Gasteiger partial charge in [-0.2, -0.15) is 0 Å². The van der Waals surface area contributed by atoms with Gasteiger partial charge in [0.1, 0.15) is 5.76 Å². The number of fused-ring (bicyclic) bond motifs is 4. The quantitative estimate of drug-likeness (QED) is 0.759. The number of ether oxygens (including phenoxy) is 2. The van der Waals surface area contributed by atoms with Gasteiger partial charge in [0.2, 0.25) is 0 Å². The van der Waals surface area contributed by atoms with Gasteiger partial charge < -0.3 is 19.7 Å². The minimum Gasteiger partial charge on any atom is -0.507 e. The Morgan fingerprint density at radius 3 is 2.58 bits per heavy atom. The summed E-state index contributed by atoms with van der Waals surface area (Å²) in [4.78, 5) is 0. The SMILES string of the molecule is OC1=c2ccc3c(c2C=C1)CCC1(O)CC2(CCC=31)OCCCO2. The van der Waals surface area contributed by atoms with E-state index < -0.39 is 11.4 Å². The van der Waals surface area contributed by atoms with E-state index >= 15 is 0 Å². The van der Waals surface area contributed by atoms with Crippen LogP contribution in [0.1, 0.15) is 43.2 Å². The van der Waals surface area contributed by atoms with Crippen molar-refractivity contribution in [2.45, 2.75) is 49.9 Å². The summed E-state index contributed by atoms with van der Waals surface area (Å²) in [7, 11) is 0. The Bertz CT molecular complexity index is 860. The van der Waals surface area contributed by atoms with Crippen LogP contribution in [0.25, 0.3) is 17.4 Å². The third kappa shape index (κ3) is 1.97. The molecule has 4 aliphatic rings. The van der Waals surface area contributed by atoms with Crippen molar-refractivity contribution in [2.24, 2.45) is 0 Å². The highest BCUT2D eigenvalue weighted by Gasteiger charge is 2.50. The standard InChI is InChI=1S/C20H22O4/c21-18-5-4-13-14-6-8-19(22)12-20(23-10-1-11-24-20)9-7-17(19)15(14)2-3-16(13)18/h2-5,21-22H,1,6-12H2. The number of hydrogen-bond donors (Lipinski definition) is 2. The van der Waals surface area contributed by atoms with Crippen LogP contribution in [-0.2, 0) is 15.9 Å². The highest BCUT2D eigenvalue weighted by atomic mass is 16.7. The largest absolute Gasteiger partial charge is 0.507 e. The first kappa shape index (κ1) is 14.7. The van der Waals surface area contributed by atoms with E-state index in [0.717, 1.165) is 60.5 Å². The number of rotatable bonds is 0. The maximum absolute atomic E-state index is 11.4. The van der Waals surface area contributed by atoms with E-state index in [4.69, 9.17) is 9.47 Å². The van der Waals surface area contributed by atoms with Gasteiger partial charge in [0, 0.05) is 18.1 Å². The maximum atomic E-state index is 11.4. The summed E-state index contributed by atoms with van der Waals surface area (Å²) >= 11 is 0. The minimum atomic E-state index is -0.842. The van der Waals surface area contributed by atoms with Crippen LogP contribution >= 0.6 is 0 Å². The molecule has 2 N–H and O–H groups in total. The average Bonchev–Trinajstić information content (AvgIpc) is 2.96. The van der Waals surface area contributed by atoms with Crippen LogP contribution in [-0.4, -0.2) is 34.8 Å². The third-order valence-corrected chi connectivity index (χ3v) is 6.05. The molecule has 0 bridgehead atoms. The van der Waals surface area contributed by atoms with E-state index in [9.17, 15) is 10.2 Å². The molecule has 2 fully saturated rings. The molecule has 1 unspecified atom stereocenters. The maximum Gasteiger partial charge on any atom is 0.171 e. The summed E-state index contributed by atoms with van der Waals surface area (Å²) in [6.45, 7) is 1.44. The van der Waals surface area contributed by atoms with Crippen molar-refractivity contribution in [2.75, 3.05) is 13.2 Å². The van der Waals surface area contributed by atoms with Crippen molar-refractivity contribution in [3.63, 3.8) is 0 Å². The van der Waals surface area contributed by atoms with Gasteiger partial charge in [-0.05, 0) is 53.7 Å². The Morgan fingerprint density at radius 1 is 0.958 bits per heavy atom. The minimum absolute atomic E-state index is 0.338. The predicted octanol–water partition coefficient (Wildman–Crippen LogP) is 1.52. The van der Waals surface area contributed by atoms with Crippen LogP contribution in [0.4, 0.5) is 0 Å². The van der Waals surface area contributed by atoms with Crippen molar-refractivity contribution in [3.05, 3.63) is 39.8 Å².